The summed E-state index contributed by atoms with van der Waals surface area (Å²) in [6, 6.07) is 7.18. The summed E-state index contributed by atoms with van der Waals surface area (Å²) in [5.41, 5.74) is 2.81. The zero-order chi connectivity index (χ0) is 9.26. The van der Waals surface area contributed by atoms with Crippen molar-refractivity contribution in [3.63, 3.8) is 0 Å². The van der Waals surface area contributed by atoms with Crippen molar-refractivity contribution in [3.05, 3.63) is 23.8 Å². The van der Waals surface area contributed by atoms with Crippen molar-refractivity contribution >= 4 is 17.4 Å². The highest BCUT2D eigenvalue weighted by Crippen LogP contribution is 2.35. The predicted octanol–water partition coefficient (Wildman–Crippen LogP) is 3.16. The van der Waals surface area contributed by atoms with Gasteiger partial charge < -0.3 is 5.32 Å². The maximum atomic E-state index is 3.56. The van der Waals surface area contributed by atoms with Gasteiger partial charge in [-0.15, -0.1) is 11.8 Å². The zero-order valence-corrected chi connectivity index (χ0v) is 8.95. The van der Waals surface area contributed by atoms with Crippen molar-refractivity contribution in [2.75, 3.05) is 11.1 Å². The molecule has 0 amide bonds. The third-order valence-electron chi connectivity index (χ3n) is 2.37. The lowest BCUT2D eigenvalue weighted by Gasteiger charge is -2.25. The number of thioether (sulfide) groups is 1. The highest BCUT2D eigenvalue weighted by molar-refractivity contribution is 7.99. The molecule has 1 aliphatic heterocycles. The number of benzene rings is 1. The minimum absolute atomic E-state index is 0.602. The summed E-state index contributed by atoms with van der Waals surface area (Å²) in [5, 5.41) is 3.56. The van der Waals surface area contributed by atoms with Crippen LogP contribution >= 0.6 is 11.8 Å². The van der Waals surface area contributed by atoms with Gasteiger partial charge in [0.05, 0.1) is 5.69 Å². The second-order valence-corrected chi connectivity index (χ2v) is 4.56. The normalized spacial score (nSPS) is 20.6. The number of nitrogens with one attached hydrogen (secondary N) is 1. The van der Waals surface area contributed by atoms with Gasteiger partial charge in [0.25, 0.3) is 0 Å². The molecule has 0 aliphatic carbocycles. The third-order valence-corrected chi connectivity index (χ3v) is 3.69. The number of anilines is 1. The molecule has 0 radical (unpaired) electrons. The Morgan fingerprint density at radius 2 is 2.38 bits per heavy atom. The highest BCUT2D eigenvalue weighted by Gasteiger charge is 2.16. The number of rotatable bonds is 1. The molecule has 0 spiro atoms. The van der Waals surface area contributed by atoms with Crippen molar-refractivity contribution in [2.24, 2.45) is 0 Å². The Balaban J connectivity index is 2.41. The summed E-state index contributed by atoms with van der Waals surface area (Å²) in [4.78, 5) is 1.41. The van der Waals surface area contributed by atoms with Crippen molar-refractivity contribution in [1.29, 1.82) is 0 Å². The molecular formula is C11H15NS. The Labute approximate surface area is 83.9 Å². The molecule has 0 saturated carbocycles. The van der Waals surface area contributed by atoms with Crippen LogP contribution in [0.15, 0.2) is 23.1 Å². The quantitative estimate of drug-likeness (QED) is 0.735. The van der Waals surface area contributed by atoms with Crippen LogP contribution in [0.1, 0.15) is 19.4 Å². The van der Waals surface area contributed by atoms with Crippen LogP contribution < -0.4 is 5.32 Å². The molecule has 13 heavy (non-hydrogen) atoms. The van der Waals surface area contributed by atoms with Crippen LogP contribution in [0.5, 0.6) is 0 Å². The van der Waals surface area contributed by atoms with Gasteiger partial charge in [0.1, 0.15) is 0 Å². The first-order chi connectivity index (χ1) is 6.31. The Bertz CT molecular complexity index is 295. The largest absolute Gasteiger partial charge is 0.381 e. The first-order valence-corrected chi connectivity index (χ1v) is 5.81. The molecule has 2 heteroatoms. The van der Waals surface area contributed by atoms with E-state index in [9.17, 15) is 0 Å². The van der Waals surface area contributed by atoms with E-state index in [-0.39, 0.29) is 0 Å². The molecular weight excluding hydrogens is 178 g/mol. The number of hydrogen-bond acceptors (Lipinski definition) is 2. The molecule has 0 saturated heterocycles. The molecule has 1 aliphatic rings. The van der Waals surface area contributed by atoms with Gasteiger partial charge in [-0.1, -0.05) is 19.1 Å². The van der Waals surface area contributed by atoms with Crippen LogP contribution in [0.3, 0.4) is 0 Å². The number of hydrogen-bond donors (Lipinski definition) is 1. The molecule has 1 nitrogen and oxygen atoms in total. The van der Waals surface area contributed by atoms with Gasteiger partial charge >= 0.3 is 0 Å². The number of para-hydroxylation sites is 1. The van der Waals surface area contributed by atoms with Gasteiger partial charge in [0.15, 0.2) is 0 Å². The predicted molar refractivity (Wildman–Crippen MR) is 59.6 cm³/mol. The Kier molecular flexibility index (Phi) is 2.49. The first kappa shape index (κ1) is 8.95. The van der Waals surface area contributed by atoms with E-state index in [1.54, 1.807) is 0 Å². The lowest BCUT2D eigenvalue weighted by atomic mass is 10.1. The van der Waals surface area contributed by atoms with E-state index < -0.39 is 0 Å². The smallest absolute Gasteiger partial charge is 0.0513 e. The lowest BCUT2D eigenvalue weighted by molar-refractivity contribution is 0.886. The monoisotopic (exact) mass is 193 g/mol. The van der Waals surface area contributed by atoms with E-state index >= 15 is 0 Å². The van der Waals surface area contributed by atoms with Crippen LogP contribution in [0.4, 0.5) is 5.69 Å². The molecule has 0 aromatic heterocycles. The second-order valence-electron chi connectivity index (χ2n) is 3.50. The SMILES string of the molecule is CCc1cccc2c1NC(C)CS2. The van der Waals surface area contributed by atoms with E-state index in [1.165, 1.54) is 21.9 Å². The zero-order valence-electron chi connectivity index (χ0n) is 8.13. The summed E-state index contributed by atoms with van der Waals surface area (Å²) in [7, 11) is 0. The fourth-order valence-electron chi connectivity index (χ4n) is 1.66. The molecule has 1 unspecified atom stereocenters. The van der Waals surface area contributed by atoms with Crippen LogP contribution in [0, 0.1) is 0 Å². The lowest BCUT2D eigenvalue weighted by Crippen LogP contribution is -2.22. The summed E-state index contributed by atoms with van der Waals surface area (Å²) in [6.45, 7) is 4.45. The highest BCUT2D eigenvalue weighted by atomic mass is 32.2. The average molecular weight is 193 g/mol. The van der Waals surface area contributed by atoms with Crippen molar-refractivity contribution in [3.8, 4) is 0 Å². The molecule has 2 rings (SSSR count). The fourth-order valence-corrected chi connectivity index (χ4v) is 2.68. The number of fused-ring (bicyclic) bond motifs is 1. The van der Waals surface area contributed by atoms with Crippen molar-refractivity contribution in [2.45, 2.75) is 31.2 Å². The maximum Gasteiger partial charge on any atom is 0.0513 e. The molecule has 1 atom stereocenters. The average Bonchev–Trinajstić information content (AvgIpc) is 2.17. The van der Waals surface area contributed by atoms with E-state index in [4.69, 9.17) is 0 Å². The second kappa shape index (κ2) is 3.62. The molecule has 1 aromatic rings. The van der Waals surface area contributed by atoms with Crippen molar-refractivity contribution in [1.82, 2.24) is 0 Å². The van der Waals surface area contributed by atoms with E-state index in [2.05, 4.69) is 37.4 Å². The maximum absolute atomic E-state index is 3.56. The third kappa shape index (κ3) is 1.68. The number of aryl methyl sites for hydroxylation is 1. The molecule has 0 bridgehead atoms. The van der Waals surface area contributed by atoms with Gasteiger partial charge in [-0.3, -0.25) is 0 Å². The Hall–Kier alpha value is -0.630. The summed E-state index contributed by atoms with van der Waals surface area (Å²) in [5.74, 6) is 1.18. The van der Waals surface area contributed by atoms with Gasteiger partial charge in [-0.05, 0) is 25.0 Å². The summed E-state index contributed by atoms with van der Waals surface area (Å²) in [6.07, 6.45) is 1.11. The summed E-state index contributed by atoms with van der Waals surface area (Å²) < 4.78 is 0. The molecule has 0 fully saturated rings. The van der Waals surface area contributed by atoms with Gasteiger partial charge in [-0.25, -0.2) is 0 Å². The fraction of sp³-hybridized carbons (Fsp3) is 0.455. The van der Waals surface area contributed by atoms with E-state index in [0.717, 1.165) is 6.42 Å². The van der Waals surface area contributed by atoms with E-state index in [0.29, 0.717) is 6.04 Å². The molecule has 1 aromatic carbocycles. The van der Waals surface area contributed by atoms with Gasteiger partial charge in [0.2, 0.25) is 0 Å². The molecule has 1 N–H and O–H groups in total. The van der Waals surface area contributed by atoms with Crippen LogP contribution in [0.2, 0.25) is 0 Å². The van der Waals surface area contributed by atoms with Crippen molar-refractivity contribution < 1.29 is 0 Å². The minimum atomic E-state index is 0.602. The first-order valence-electron chi connectivity index (χ1n) is 4.82. The topological polar surface area (TPSA) is 12.0 Å². The summed E-state index contributed by atoms with van der Waals surface area (Å²) >= 11 is 1.96. The van der Waals surface area contributed by atoms with E-state index in [1.807, 2.05) is 11.8 Å². The molecule has 70 valence electrons. The standard InChI is InChI=1S/C11H15NS/c1-3-9-5-4-6-10-11(9)12-8(2)7-13-10/h4-6,8,12H,3,7H2,1-2H3. The Morgan fingerprint density at radius 3 is 3.15 bits per heavy atom. The van der Waals surface area contributed by atoms with Crippen LogP contribution in [-0.4, -0.2) is 11.8 Å². The van der Waals surface area contributed by atoms with Gasteiger partial charge in [-0.2, -0.15) is 0 Å². The van der Waals surface area contributed by atoms with Crippen LogP contribution in [0.25, 0.3) is 0 Å². The van der Waals surface area contributed by atoms with Crippen LogP contribution in [-0.2, 0) is 6.42 Å². The Morgan fingerprint density at radius 1 is 1.54 bits per heavy atom. The van der Waals surface area contributed by atoms with Gasteiger partial charge in [0, 0.05) is 16.7 Å². The minimum Gasteiger partial charge on any atom is -0.381 e. The molecule has 1 heterocycles.